The summed E-state index contributed by atoms with van der Waals surface area (Å²) < 4.78 is 34.0. The maximum absolute atomic E-state index is 14.3. The summed E-state index contributed by atoms with van der Waals surface area (Å²) in [6.07, 6.45) is 1.75. The molecule has 0 saturated carbocycles. The number of nitrogens with zero attached hydrogens (tertiary/aromatic N) is 4. The van der Waals surface area contributed by atoms with Crippen LogP contribution in [0.2, 0.25) is 0 Å². The lowest BCUT2D eigenvalue weighted by molar-refractivity contribution is -0.153. The highest BCUT2D eigenvalue weighted by Gasteiger charge is 2.42. The van der Waals surface area contributed by atoms with Gasteiger partial charge in [0.1, 0.15) is 22.8 Å². The van der Waals surface area contributed by atoms with Crippen LogP contribution in [0.25, 0.3) is 28.1 Å². The third-order valence-electron chi connectivity index (χ3n) is 5.74. The monoisotopic (exact) mass is 436 g/mol. The minimum absolute atomic E-state index is 0.136. The molecular weight excluding hydrogens is 411 g/mol. The number of aromatic nitrogens is 4. The summed E-state index contributed by atoms with van der Waals surface area (Å²) in [5.74, 6) is -0.0153. The summed E-state index contributed by atoms with van der Waals surface area (Å²) in [4.78, 5) is 4.76. The van der Waals surface area contributed by atoms with Gasteiger partial charge in [0.25, 0.3) is 0 Å². The predicted molar refractivity (Wildman–Crippen MR) is 118 cm³/mol. The number of hydrogen-bond acceptors (Lipinski definition) is 6. The average Bonchev–Trinajstić information content (AvgIpc) is 3.35. The van der Waals surface area contributed by atoms with E-state index in [1.807, 2.05) is 68.6 Å². The van der Waals surface area contributed by atoms with Crippen LogP contribution in [-0.2, 0) is 9.47 Å². The maximum atomic E-state index is 14.3. The number of pyridine rings is 2. The van der Waals surface area contributed by atoms with Gasteiger partial charge in [-0.2, -0.15) is 0 Å². The van der Waals surface area contributed by atoms with Crippen LogP contribution in [0.4, 0.5) is 4.39 Å². The van der Waals surface area contributed by atoms with E-state index in [0.29, 0.717) is 41.4 Å². The second kappa shape index (κ2) is 7.50. The van der Waals surface area contributed by atoms with E-state index >= 15 is 0 Å². The van der Waals surface area contributed by atoms with Gasteiger partial charge >= 0.3 is 0 Å². The summed E-state index contributed by atoms with van der Waals surface area (Å²) in [6, 6.07) is 12.1. The van der Waals surface area contributed by atoms with Crippen LogP contribution in [-0.4, -0.2) is 44.7 Å². The standard InChI is InChI=1S/C24H25FN4O3/c1-23(2,19-13-31-24(3,4)32-19)14-30-18-12-16(25)11-15-8-9-17(26-21(15)18)22-28-27-20-7-5-6-10-29(20)22/h5-12,19H,13-14H2,1-4H3/t19-/m0/s1. The Morgan fingerprint density at radius 2 is 2.03 bits per heavy atom. The molecular formula is C24H25FN4O3. The second-order valence-electron chi connectivity index (χ2n) is 9.22. The van der Waals surface area contributed by atoms with Crippen LogP contribution in [0.5, 0.6) is 5.75 Å². The van der Waals surface area contributed by atoms with Crippen LogP contribution in [0.3, 0.4) is 0 Å². The maximum Gasteiger partial charge on any atom is 0.187 e. The molecule has 1 fully saturated rings. The summed E-state index contributed by atoms with van der Waals surface area (Å²) in [6.45, 7) is 8.68. The van der Waals surface area contributed by atoms with Crippen molar-refractivity contribution >= 4 is 16.6 Å². The highest BCUT2D eigenvalue weighted by molar-refractivity contribution is 5.86. The topological polar surface area (TPSA) is 70.8 Å². The molecule has 32 heavy (non-hydrogen) atoms. The molecule has 5 rings (SSSR count). The third-order valence-corrected chi connectivity index (χ3v) is 5.74. The number of halogens is 1. The van der Waals surface area contributed by atoms with Gasteiger partial charge in [-0.1, -0.05) is 26.0 Å². The highest BCUT2D eigenvalue weighted by Crippen LogP contribution is 2.35. The molecule has 0 unspecified atom stereocenters. The Kier molecular flexibility index (Phi) is 4.87. The molecule has 0 radical (unpaired) electrons. The van der Waals surface area contributed by atoms with Gasteiger partial charge in [0.2, 0.25) is 0 Å². The SMILES string of the molecule is CC1(C)OC[C@@H](C(C)(C)COc2cc(F)cc3ccc(-c4nnc5ccccn45)nc23)O1. The van der Waals surface area contributed by atoms with E-state index in [1.54, 1.807) is 0 Å². The van der Waals surface area contributed by atoms with Crippen molar-refractivity contribution in [2.24, 2.45) is 5.41 Å². The van der Waals surface area contributed by atoms with Crippen molar-refractivity contribution in [3.8, 4) is 17.3 Å². The molecule has 1 atom stereocenters. The number of benzene rings is 1. The molecule has 4 aromatic rings. The smallest absolute Gasteiger partial charge is 0.187 e. The lowest BCUT2D eigenvalue weighted by Crippen LogP contribution is -2.38. The lowest BCUT2D eigenvalue weighted by Gasteiger charge is -2.31. The zero-order valence-electron chi connectivity index (χ0n) is 18.5. The summed E-state index contributed by atoms with van der Waals surface area (Å²) in [5, 5.41) is 9.12. The Labute approximate surface area is 185 Å². The number of rotatable bonds is 5. The molecule has 166 valence electrons. The lowest BCUT2D eigenvalue weighted by atomic mass is 9.88. The molecule has 0 N–H and O–H groups in total. The van der Waals surface area contributed by atoms with E-state index in [4.69, 9.17) is 19.2 Å². The minimum Gasteiger partial charge on any atom is -0.491 e. The molecule has 0 amide bonds. The molecule has 0 spiro atoms. The molecule has 0 bridgehead atoms. The van der Waals surface area contributed by atoms with E-state index in [0.717, 1.165) is 5.65 Å². The van der Waals surface area contributed by atoms with Gasteiger partial charge in [-0.15, -0.1) is 10.2 Å². The first kappa shape index (κ1) is 20.8. The van der Waals surface area contributed by atoms with Gasteiger partial charge in [-0.25, -0.2) is 9.37 Å². The third kappa shape index (κ3) is 3.80. The summed E-state index contributed by atoms with van der Waals surface area (Å²) >= 11 is 0. The first-order valence-electron chi connectivity index (χ1n) is 10.6. The van der Waals surface area contributed by atoms with E-state index in [1.165, 1.54) is 12.1 Å². The van der Waals surface area contributed by atoms with Crippen LogP contribution >= 0.6 is 0 Å². The van der Waals surface area contributed by atoms with Crippen LogP contribution in [0, 0.1) is 11.2 Å². The number of hydrogen-bond donors (Lipinski definition) is 0. The second-order valence-corrected chi connectivity index (χ2v) is 9.22. The van der Waals surface area contributed by atoms with Gasteiger partial charge in [-0.3, -0.25) is 4.40 Å². The van der Waals surface area contributed by atoms with E-state index in [-0.39, 0.29) is 17.3 Å². The van der Waals surface area contributed by atoms with Gasteiger partial charge in [0.05, 0.1) is 19.3 Å². The van der Waals surface area contributed by atoms with Gasteiger partial charge < -0.3 is 14.2 Å². The number of fused-ring (bicyclic) bond motifs is 2. The molecule has 4 heterocycles. The zero-order chi connectivity index (χ0) is 22.5. The molecule has 3 aromatic heterocycles. The quantitative estimate of drug-likeness (QED) is 0.454. The molecule has 7 nitrogen and oxygen atoms in total. The van der Waals surface area contributed by atoms with Crippen LogP contribution in [0.15, 0.2) is 48.7 Å². The van der Waals surface area contributed by atoms with Gasteiger partial charge in [0, 0.05) is 23.1 Å². The van der Waals surface area contributed by atoms with Crippen molar-refractivity contribution in [3.63, 3.8) is 0 Å². The predicted octanol–water partition coefficient (Wildman–Crippen LogP) is 4.64. The van der Waals surface area contributed by atoms with E-state index in [2.05, 4.69) is 10.2 Å². The minimum atomic E-state index is -0.620. The highest BCUT2D eigenvalue weighted by atomic mass is 19.1. The molecule has 1 aliphatic rings. The fourth-order valence-corrected chi connectivity index (χ4v) is 3.85. The van der Waals surface area contributed by atoms with Crippen LogP contribution in [0.1, 0.15) is 27.7 Å². The number of ether oxygens (including phenoxy) is 3. The average molecular weight is 436 g/mol. The molecule has 0 aliphatic carbocycles. The molecule has 8 heteroatoms. The Hall–Kier alpha value is -3.10. The van der Waals surface area contributed by atoms with Crippen molar-refractivity contribution in [2.75, 3.05) is 13.2 Å². The van der Waals surface area contributed by atoms with Gasteiger partial charge in [0.15, 0.2) is 17.3 Å². The van der Waals surface area contributed by atoms with Gasteiger partial charge in [-0.05, 0) is 38.1 Å². The molecule has 1 saturated heterocycles. The fourth-order valence-electron chi connectivity index (χ4n) is 3.85. The van der Waals surface area contributed by atoms with Crippen molar-refractivity contribution < 1.29 is 18.6 Å². The van der Waals surface area contributed by atoms with Crippen molar-refractivity contribution in [1.29, 1.82) is 0 Å². The van der Waals surface area contributed by atoms with E-state index < -0.39 is 5.79 Å². The Balaban J connectivity index is 1.48. The van der Waals surface area contributed by atoms with Crippen LogP contribution < -0.4 is 4.74 Å². The van der Waals surface area contributed by atoms with Crippen molar-refractivity contribution in [2.45, 2.75) is 39.6 Å². The first-order chi connectivity index (χ1) is 15.2. The Morgan fingerprint density at radius 3 is 2.81 bits per heavy atom. The van der Waals surface area contributed by atoms with Crippen molar-refractivity contribution in [1.82, 2.24) is 19.6 Å². The Bertz CT molecular complexity index is 1300. The molecule has 1 aliphatic heterocycles. The fraction of sp³-hybridized carbons (Fsp3) is 0.375. The normalized spacial score (nSPS) is 18.5. The molecule has 1 aromatic carbocycles. The van der Waals surface area contributed by atoms with Crippen molar-refractivity contribution in [3.05, 3.63) is 54.5 Å². The zero-order valence-corrected chi connectivity index (χ0v) is 18.5. The first-order valence-corrected chi connectivity index (χ1v) is 10.6. The largest absolute Gasteiger partial charge is 0.491 e. The Morgan fingerprint density at radius 1 is 1.19 bits per heavy atom. The summed E-state index contributed by atoms with van der Waals surface area (Å²) in [5.41, 5.74) is 1.56. The summed E-state index contributed by atoms with van der Waals surface area (Å²) in [7, 11) is 0. The van der Waals surface area contributed by atoms with E-state index in [9.17, 15) is 4.39 Å².